The molecule has 0 amide bonds. The molecule has 0 N–H and O–H groups in total. The summed E-state index contributed by atoms with van der Waals surface area (Å²) in [4.78, 5) is 13.6. The van der Waals surface area contributed by atoms with E-state index in [0.717, 1.165) is 48.3 Å². The van der Waals surface area contributed by atoms with Gasteiger partial charge in [-0.2, -0.15) is 0 Å². The molecule has 19 heavy (non-hydrogen) atoms. The monoisotopic (exact) mass is 325 g/mol. The van der Waals surface area contributed by atoms with E-state index in [1.807, 2.05) is 18.2 Å². The molecule has 0 atom stereocenters. The maximum absolute atomic E-state index is 11.3. The van der Waals surface area contributed by atoms with E-state index in [9.17, 15) is 4.79 Å². The van der Waals surface area contributed by atoms with Gasteiger partial charge in [0.1, 0.15) is 0 Å². The van der Waals surface area contributed by atoms with Crippen molar-refractivity contribution in [3.05, 3.63) is 28.2 Å². The molecule has 104 valence electrons. The van der Waals surface area contributed by atoms with Crippen LogP contribution in [-0.2, 0) is 4.74 Å². The number of ether oxygens (including phenoxy) is 1. The number of carbonyl (C=O) groups is 1. The van der Waals surface area contributed by atoms with Crippen LogP contribution in [0.2, 0.25) is 0 Å². The summed E-state index contributed by atoms with van der Waals surface area (Å²) in [6.07, 6.45) is 2.26. The topological polar surface area (TPSA) is 29.5 Å². The van der Waals surface area contributed by atoms with E-state index < -0.39 is 0 Å². The lowest BCUT2D eigenvalue weighted by atomic mass is 9.99. The molecule has 2 rings (SSSR count). The van der Waals surface area contributed by atoms with Crippen LogP contribution in [0.1, 0.15) is 30.1 Å². The van der Waals surface area contributed by atoms with Crippen LogP contribution in [0, 0.1) is 5.92 Å². The fourth-order valence-electron chi connectivity index (χ4n) is 2.45. The third-order valence-corrected chi connectivity index (χ3v) is 4.27. The van der Waals surface area contributed by atoms with Crippen molar-refractivity contribution in [1.29, 1.82) is 0 Å². The summed E-state index contributed by atoms with van der Waals surface area (Å²) in [6.45, 7) is 4.38. The molecule has 1 aromatic rings. The second-order valence-electron chi connectivity index (χ2n) is 5.16. The maximum Gasteiger partial charge on any atom is 0.159 e. The minimum Gasteiger partial charge on any atom is -0.381 e. The summed E-state index contributed by atoms with van der Waals surface area (Å²) in [7, 11) is 2.10. The molecular formula is C15H20BrNO2. The van der Waals surface area contributed by atoms with Gasteiger partial charge in [0.2, 0.25) is 0 Å². The second kappa shape index (κ2) is 6.53. The first kappa shape index (κ1) is 14.5. The largest absolute Gasteiger partial charge is 0.381 e. The molecule has 0 aliphatic carbocycles. The fourth-order valence-corrected chi connectivity index (χ4v) is 3.13. The Morgan fingerprint density at radius 1 is 1.42 bits per heavy atom. The minimum atomic E-state index is 0.0966. The van der Waals surface area contributed by atoms with Crippen LogP contribution in [0.5, 0.6) is 0 Å². The number of nitrogens with zero attached hydrogens (tertiary/aromatic N) is 1. The number of hydrogen-bond acceptors (Lipinski definition) is 3. The highest BCUT2D eigenvalue weighted by Gasteiger charge is 2.17. The summed E-state index contributed by atoms with van der Waals surface area (Å²) in [5.41, 5.74) is 1.88. The van der Waals surface area contributed by atoms with E-state index in [1.54, 1.807) is 6.92 Å². The lowest BCUT2D eigenvalue weighted by Crippen LogP contribution is -2.29. The predicted molar refractivity (Wildman–Crippen MR) is 81.0 cm³/mol. The van der Waals surface area contributed by atoms with E-state index in [0.29, 0.717) is 5.92 Å². The van der Waals surface area contributed by atoms with Gasteiger partial charge in [-0.25, -0.2) is 0 Å². The Bertz CT molecular complexity index is 455. The van der Waals surface area contributed by atoms with Gasteiger partial charge < -0.3 is 9.64 Å². The van der Waals surface area contributed by atoms with Crippen molar-refractivity contribution in [2.75, 3.05) is 31.7 Å². The van der Waals surface area contributed by atoms with Crippen molar-refractivity contribution >= 4 is 27.4 Å². The molecular weight excluding hydrogens is 306 g/mol. The van der Waals surface area contributed by atoms with Crippen molar-refractivity contribution in [2.45, 2.75) is 19.8 Å². The van der Waals surface area contributed by atoms with E-state index in [4.69, 9.17) is 4.74 Å². The number of ketones is 1. The summed E-state index contributed by atoms with van der Waals surface area (Å²) in [5.74, 6) is 0.789. The minimum absolute atomic E-state index is 0.0966. The molecule has 0 spiro atoms. The Balaban J connectivity index is 2.05. The molecule has 4 heteroatoms. The first-order chi connectivity index (χ1) is 9.08. The average Bonchev–Trinajstić information content (AvgIpc) is 2.39. The number of halogens is 1. The zero-order chi connectivity index (χ0) is 13.8. The van der Waals surface area contributed by atoms with Gasteiger partial charge in [-0.05, 0) is 59.8 Å². The third kappa shape index (κ3) is 3.80. The smallest absolute Gasteiger partial charge is 0.159 e. The van der Waals surface area contributed by atoms with Gasteiger partial charge in [0.15, 0.2) is 5.78 Å². The van der Waals surface area contributed by atoms with Crippen LogP contribution in [0.3, 0.4) is 0 Å². The van der Waals surface area contributed by atoms with Crippen LogP contribution in [0.4, 0.5) is 5.69 Å². The lowest BCUT2D eigenvalue weighted by molar-refractivity contribution is 0.0685. The summed E-state index contributed by atoms with van der Waals surface area (Å²) in [5, 5.41) is 0. The number of rotatable bonds is 4. The highest BCUT2D eigenvalue weighted by atomic mass is 79.9. The first-order valence-electron chi connectivity index (χ1n) is 6.67. The van der Waals surface area contributed by atoms with Gasteiger partial charge in [0.05, 0.1) is 5.69 Å². The molecule has 1 saturated heterocycles. The third-order valence-electron chi connectivity index (χ3n) is 3.64. The van der Waals surface area contributed by atoms with E-state index in [-0.39, 0.29) is 5.78 Å². The van der Waals surface area contributed by atoms with Crippen LogP contribution < -0.4 is 4.90 Å². The fraction of sp³-hybridized carbons (Fsp3) is 0.533. The summed E-state index contributed by atoms with van der Waals surface area (Å²) in [6, 6.07) is 5.81. The van der Waals surface area contributed by atoms with E-state index in [2.05, 4.69) is 27.9 Å². The average molecular weight is 326 g/mol. The highest BCUT2D eigenvalue weighted by molar-refractivity contribution is 9.10. The molecule has 1 aliphatic heterocycles. The van der Waals surface area contributed by atoms with Crippen LogP contribution in [0.25, 0.3) is 0 Å². The standard InChI is InChI=1S/C15H20BrNO2/c1-11(18)13-3-4-15(14(16)9-13)17(2)10-12-5-7-19-8-6-12/h3-4,9,12H,5-8,10H2,1-2H3. The quantitative estimate of drug-likeness (QED) is 0.793. The molecule has 1 aliphatic rings. The molecule has 1 aromatic carbocycles. The van der Waals surface area contributed by atoms with Gasteiger partial charge in [-0.15, -0.1) is 0 Å². The Morgan fingerprint density at radius 2 is 2.11 bits per heavy atom. The van der Waals surface area contributed by atoms with Gasteiger partial charge in [-0.3, -0.25) is 4.79 Å². The molecule has 3 nitrogen and oxygen atoms in total. The van der Waals surface area contributed by atoms with Crippen molar-refractivity contribution < 1.29 is 9.53 Å². The van der Waals surface area contributed by atoms with Crippen molar-refractivity contribution in [2.24, 2.45) is 5.92 Å². The van der Waals surface area contributed by atoms with Crippen LogP contribution in [0.15, 0.2) is 22.7 Å². The molecule has 0 aromatic heterocycles. The van der Waals surface area contributed by atoms with Gasteiger partial charge >= 0.3 is 0 Å². The van der Waals surface area contributed by atoms with Gasteiger partial charge in [-0.1, -0.05) is 0 Å². The zero-order valence-electron chi connectivity index (χ0n) is 11.5. The number of benzene rings is 1. The van der Waals surface area contributed by atoms with E-state index in [1.165, 1.54) is 0 Å². The zero-order valence-corrected chi connectivity index (χ0v) is 13.1. The van der Waals surface area contributed by atoms with Gasteiger partial charge in [0.25, 0.3) is 0 Å². The highest BCUT2D eigenvalue weighted by Crippen LogP contribution is 2.28. The lowest BCUT2D eigenvalue weighted by Gasteiger charge is -2.29. The summed E-state index contributed by atoms with van der Waals surface area (Å²) < 4.78 is 6.37. The van der Waals surface area contributed by atoms with Crippen LogP contribution in [-0.4, -0.2) is 32.6 Å². The molecule has 0 unspecified atom stereocenters. The SMILES string of the molecule is CC(=O)c1ccc(N(C)CC2CCOCC2)c(Br)c1. The second-order valence-corrected chi connectivity index (χ2v) is 6.01. The predicted octanol–water partition coefficient (Wildman–Crippen LogP) is 3.51. The Kier molecular flexibility index (Phi) is 4.99. The van der Waals surface area contributed by atoms with Crippen LogP contribution >= 0.6 is 15.9 Å². The van der Waals surface area contributed by atoms with Gasteiger partial charge in [0, 0.05) is 36.8 Å². The maximum atomic E-state index is 11.3. The Labute approximate surface area is 123 Å². The number of Topliss-reactive ketones (excluding diaryl/α,β-unsaturated/α-hetero) is 1. The summed E-state index contributed by atoms with van der Waals surface area (Å²) >= 11 is 3.56. The molecule has 0 radical (unpaired) electrons. The normalized spacial score (nSPS) is 16.4. The van der Waals surface area contributed by atoms with Crippen molar-refractivity contribution in [1.82, 2.24) is 0 Å². The molecule has 1 heterocycles. The van der Waals surface area contributed by atoms with Crippen molar-refractivity contribution in [3.63, 3.8) is 0 Å². The van der Waals surface area contributed by atoms with E-state index >= 15 is 0 Å². The molecule has 0 saturated carbocycles. The Morgan fingerprint density at radius 3 is 2.68 bits per heavy atom. The number of hydrogen-bond donors (Lipinski definition) is 0. The molecule has 1 fully saturated rings. The number of carbonyl (C=O) groups excluding carboxylic acids is 1. The van der Waals surface area contributed by atoms with Crippen molar-refractivity contribution in [3.8, 4) is 0 Å². The Hall–Kier alpha value is -0.870. The first-order valence-corrected chi connectivity index (χ1v) is 7.46. The number of anilines is 1. The molecule has 0 bridgehead atoms.